The molecule has 6 heteroatoms. The Labute approximate surface area is 135 Å². The van der Waals surface area contributed by atoms with Crippen LogP contribution in [0.25, 0.3) is 0 Å². The molecule has 0 spiro atoms. The van der Waals surface area contributed by atoms with Crippen molar-refractivity contribution in [1.82, 2.24) is 9.80 Å². The van der Waals surface area contributed by atoms with Gasteiger partial charge in [-0.3, -0.25) is 9.80 Å². The summed E-state index contributed by atoms with van der Waals surface area (Å²) in [7, 11) is 0. The maximum Gasteiger partial charge on any atom is 0.127 e. The summed E-state index contributed by atoms with van der Waals surface area (Å²) in [4.78, 5) is 5.11. The molecule has 1 saturated heterocycles. The van der Waals surface area contributed by atoms with Crippen LogP contribution in [0.3, 0.4) is 0 Å². The quantitative estimate of drug-likeness (QED) is 0.842. The molecule has 1 atom stereocenters. The first kappa shape index (κ1) is 16.6. The molecule has 2 N–H and O–H groups in total. The third-order valence-corrected chi connectivity index (χ3v) is 4.47. The van der Waals surface area contributed by atoms with E-state index >= 15 is 0 Å². The minimum Gasteiger partial charge on any atom is -0.392 e. The largest absolute Gasteiger partial charge is 0.392 e. The molecule has 0 radical (unpaired) electrons. The van der Waals surface area contributed by atoms with Crippen molar-refractivity contribution < 1.29 is 4.39 Å². The van der Waals surface area contributed by atoms with Crippen molar-refractivity contribution in [2.45, 2.75) is 25.9 Å². The van der Waals surface area contributed by atoms with E-state index in [1.54, 1.807) is 12.1 Å². The number of piperazine rings is 1. The second-order valence-electron chi connectivity index (χ2n) is 5.37. The van der Waals surface area contributed by atoms with Crippen LogP contribution in [0.1, 0.15) is 18.9 Å². The van der Waals surface area contributed by atoms with E-state index in [9.17, 15) is 4.39 Å². The van der Waals surface area contributed by atoms with E-state index in [2.05, 4.69) is 16.7 Å². The van der Waals surface area contributed by atoms with Crippen LogP contribution in [0.5, 0.6) is 0 Å². The number of hydrogen-bond donors (Lipinski definition) is 1. The first-order valence-corrected chi connectivity index (χ1v) is 7.99. The lowest BCUT2D eigenvalue weighted by molar-refractivity contribution is 0.111. The van der Waals surface area contributed by atoms with Gasteiger partial charge in [0.2, 0.25) is 0 Å². The average molecular weight is 330 g/mol. The highest BCUT2D eigenvalue weighted by Gasteiger charge is 2.24. The number of thiocarbonyl (C=S) groups is 1. The first-order valence-electron chi connectivity index (χ1n) is 7.21. The summed E-state index contributed by atoms with van der Waals surface area (Å²) in [5.41, 5.74) is 6.44. The van der Waals surface area contributed by atoms with Gasteiger partial charge in [0, 0.05) is 43.3 Å². The van der Waals surface area contributed by atoms with Crippen LogP contribution in [0.2, 0.25) is 5.02 Å². The Hall–Kier alpha value is -0.750. The molecule has 2 rings (SSSR count). The van der Waals surface area contributed by atoms with Gasteiger partial charge in [-0.2, -0.15) is 0 Å². The van der Waals surface area contributed by atoms with Crippen molar-refractivity contribution in [3.8, 4) is 0 Å². The molecule has 0 saturated carbocycles. The minimum absolute atomic E-state index is 0.171. The van der Waals surface area contributed by atoms with Gasteiger partial charge >= 0.3 is 0 Å². The average Bonchev–Trinajstić information content (AvgIpc) is 2.45. The third-order valence-electron chi connectivity index (χ3n) is 3.96. The van der Waals surface area contributed by atoms with Crippen LogP contribution < -0.4 is 5.73 Å². The number of nitrogens with zero attached hydrogens (tertiary/aromatic N) is 2. The van der Waals surface area contributed by atoms with Gasteiger partial charge in [-0.15, -0.1) is 0 Å². The van der Waals surface area contributed by atoms with Crippen molar-refractivity contribution >= 4 is 28.8 Å². The second kappa shape index (κ2) is 7.49. The fourth-order valence-electron chi connectivity index (χ4n) is 2.78. The molecule has 1 aromatic rings. The maximum absolute atomic E-state index is 13.8. The SMILES string of the molecule is CCC(C(N)=S)N1CCN(Cc2cc(Cl)ccc2F)CC1. The highest BCUT2D eigenvalue weighted by molar-refractivity contribution is 7.80. The van der Waals surface area contributed by atoms with Gasteiger partial charge in [0.25, 0.3) is 0 Å². The molecule has 0 aromatic heterocycles. The number of halogens is 2. The van der Waals surface area contributed by atoms with E-state index < -0.39 is 0 Å². The maximum atomic E-state index is 13.8. The fourth-order valence-corrected chi connectivity index (χ4v) is 3.29. The lowest BCUT2D eigenvalue weighted by atomic mass is 10.1. The predicted octanol–water partition coefficient (Wildman–Crippen LogP) is 2.66. The monoisotopic (exact) mass is 329 g/mol. The van der Waals surface area contributed by atoms with Crippen molar-refractivity contribution in [1.29, 1.82) is 0 Å². The van der Waals surface area contributed by atoms with E-state index in [-0.39, 0.29) is 11.9 Å². The number of hydrogen-bond acceptors (Lipinski definition) is 3. The zero-order valence-corrected chi connectivity index (χ0v) is 13.8. The summed E-state index contributed by atoms with van der Waals surface area (Å²) >= 11 is 11.1. The standard InChI is InChI=1S/C15H21ClFN3S/c1-2-14(15(18)21)20-7-5-19(6-8-20)10-11-9-12(16)3-4-13(11)17/h3-4,9,14H,2,5-8,10H2,1H3,(H2,18,21). The minimum atomic E-state index is -0.198. The summed E-state index contributed by atoms with van der Waals surface area (Å²) in [6.07, 6.45) is 0.929. The Kier molecular flexibility index (Phi) is 5.93. The zero-order valence-electron chi connectivity index (χ0n) is 12.2. The molecule has 0 bridgehead atoms. The van der Waals surface area contributed by atoms with Crippen molar-refractivity contribution in [2.75, 3.05) is 26.2 Å². The smallest absolute Gasteiger partial charge is 0.127 e. The first-order chi connectivity index (χ1) is 10.0. The summed E-state index contributed by atoms with van der Waals surface area (Å²) in [6, 6.07) is 4.87. The molecule has 1 fully saturated rings. The lowest BCUT2D eigenvalue weighted by Crippen LogP contribution is -2.53. The molecule has 1 unspecified atom stereocenters. The molecular weight excluding hydrogens is 309 g/mol. The molecule has 116 valence electrons. The molecule has 3 nitrogen and oxygen atoms in total. The van der Waals surface area contributed by atoms with E-state index in [0.29, 0.717) is 22.1 Å². The van der Waals surface area contributed by atoms with E-state index in [1.165, 1.54) is 6.07 Å². The van der Waals surface area contributed by atoms with Crippen LogP contribution in [0, 0.1) is 5.82 Å². The molecule has 1 aromatic carbocycles. The summed E-state index contributed by atoms with van der Waals surface area (Å²) in [5, 5.41) is 0.574. The van der Waals surface area contributed by atoms with E-state index in [1.807, 2.05) is 0 Å². The van der Waals surface area contributed by atoms with Gasteiger partial charge in [-0.25, -0.2) is 4.39 Å². The second-order valence-corrected chi connectivity index (χ2v) is 6.28. The van der Waals surface area contributed by atoms with Crippen LogP contribution >= 0.6 is 23.8 Å². The van der Waals surface area contributed by atoms with E-state index in [4.69, 9.17) is 29.6 Å². The number of nitrogens with two attached hydrogens (primary N) is 1. The zero-order chi connectivity index (χ0) is 15.4. The van der Waals surface area contributed by atoms with Crippen LogP contribution in [0.4, 0.5) is 4.39 Å². The van der Waals surface area contributed by atoms with Crippen molar-refractivity contribution in [3.63, 3.8) is 0 Å². The van der Waals surface area contributed by atoms with Gasteiger partial charge < -0.3 is 5.73 Å². The van der Waals surface area contributed by atoms with Crippen LogP contribution in [-0.4, -0.2) is 47.0 Å². The Balaban J connectivity index is 1.92. The highest BCUT2D eigenvalue weighted by atomic mass is 35.5. The molecule has 1 aliphatic heterocycles. The molecule has 21 heavy (non-hydrogen) atoms. The van der Waals surface area contributed by atoms with Gasteiger partial charge in [0.05, 0.1) is 11.0 Å². The number of rotatable bonds is 5. The van der Waals surface area contributed by atoms with Crippen LogP contribution in [0.15, 0.2) is 18.2 Å². The molecule has 0 amide bonds. The topological polar surface area (TPSA) is 32.5 Å². The molecule has 1 heterocycles. The van der Waals surface area contributed by atoms with Gasteiger partial charge in [0.15, 0.2) is 0 Å². The Morgan fingerprint density at radius 1 is 1.38 bits per heavy atom. The van der Waals surface area contributed by atoms with Crippen molar-refractivity contribution in [3.05, 3.63) is 34.6 Å². The van der Waals surface area contributed by atoms with Gasteiger partial charge in [0.1, 0.15) is 5.82 Å². The van der Waals surface area contributed by atoms with Gasteiger partial charge in [-0.1, -0.05) is 30.7 Å². The summed E-state index contributed by atoms with van der Waals surface area (Å²) < 4.78 is 13.8. The lowest BCUT2D eigenvalue weighted by Gasteiger charge is -2.38. The summed E-state index contributed by atoms with van der Waals surface area (Å²) in [6.45, 7) is 6.24. The Morgan fingerprint density at radius 2 is 2.05 bits per heavy atom. The predicted molar refractivity (Wildman–Crippen MR) is 89.1 cm³/mol. The van der Waals surface area contributed by atoms with E-state index in [0.717, 1.165) is 32.6 Å². The molecule has 0 aliphatic carbocycles. The fraction of sp³-hybridized carbons (Fsp3) is 0.533. The summed E-state index contributed by atoms with van der Waals surface area (Å²) in [5.74, 6) is -0.198. The molecular formula is C15H21ClFN3S. The molecule has 1 aliphatic rings. The van der Waals surface area contributed by atoms with Gasteiger partial charge in [-0.05, 0) is 24.6 Å². The highest BCUT2D eigenvalue weighted by Crippen LogP contribution is 2.18. The number of benzene rings is 1. The third kappa shape index (κ3) is 4.36. The van der Waals surface area contributed by atoms with Crippen LogP contribution in [-0.2, 0) is 6.54 Å². The Morgan fingerprint density at radius 3 is 2.62 bits per heavy atom. The normalized spacial score (nSPS) is 18.6. The Bertz CT molecular complexity index is 504. The van der Waals surface area contributed by atoms with Crippen molar-refractivity contribution in [2.24, 2.45) is 5.73 Å².